The summed E-state index contributed by atoms with van der Waals surface area (Å²) in [7, 11) is 1.64. The first-order valence-corrected chi connectivity index (χ1v) is 7.33. The van der Waals surface area contributed by atoms with Crippen molar-refractivity contribution in [2.24, 2.45) is 5.73 Å². The van der Waals surface area contributed by atoms with Gasteiger partial charge in [0.1, 0.15) is 5.75 Å². The van der Waals surface area contributed by atoms with Crippen LogP contribution in [0.2, 0.25) is 0 Å². The van der Waals surface area contributed by atoms with Crippen molar-refractivity contribution >= 4 is 17.5 Å². The fourth-order valence-electron chi connectivity index (χ4n) is 2.30. The first-order valence-electron chi connectivity index (χ1n) is 7.33. The molecule has 23 heavy (non-hydrogen) atoms. The Hall–Kier alpha value is -2.82. The molecule has 120 valence electrons. The lowest BCUT2D eigenvalue weighted by molar-refractivity contribution is -0.116. The summed E-state index contributed by atoms with van der Waals surface area (Å²) in [4.78, 5) is 23.0. The maximum absolute atomic E-state index is 12.0. The SMILES string of the molecule is COc1ccc(CCC(=O)Nc2ccc(C(N)=O)cc2)cc1C. The molecule has 0 saturated carbocycles. The summed E-state index contributed by atoms with van der Waals surface area (Å²) < 4.78 is 5.22. The van der Waals surface area contributed by atoms with Crippen LogP contribution < -0.4 is 15.8 Å². The molecule has 0 radical (unpaired) electrons. The molecule has 0 aliphatic heterocycles. The summed E-state index contributed by atoms with van der Waals surface area (Å²) in [5.74, 6) is 0.274. The number of carbonyl (C=O) groups excluding carboxylic acids is 2. The number of amides is 2. The summed E-state index contributed by atoms with van der Waals surface area (Å²) in [5.41, 5.74) is 8.37. The maximum Gasteiger partial charge on any atom is 0.248 e. The van der Waals surface area contributed by atoms with Crippen LogP contribution in [-0.4, -0.2) is 18.9 Å². The predicted octanol–water partition coefficient (Wildman–Crippen LogP) is 2.67. The van der Waals surface area contributed by atoms with Crippen molar-refractivity contribution < 1.29 is 14.3 Å². The van der Waals surface area contributed by atoms with Gasteiger partial charge in [0.2, 0.25) is 11.8 Å². The van der Waals surface area contributed by atoms with Gasteiger partial charge in [-0.1, -0.05) is 12.1 Å². The van der Waals surface area contributed by atoms with E-state index in [9.17, 15) is 9.59 Å². The molecule has 5 nitrogen and oxygen atoms in total. The van der Waals surface area contributed by atoms with Crippen LogP contribution in [0.25, 0.3) is 0 Å². The fourth-order valence-corrected chi connectivity index (χ4v) is 2.30. The molecule has 0 aromatic heterocycles. The Morgan fingerprint density at radius 2 is 1.83 bits per heavy atom. The van der Waals surface area contributed by atoms with Crippen molar-refractivity contribution in [1.82, 2.24) is 0 Å². The van der Waals surface area contributed by atoms with Gasteiger partial charge in [-0.3, -0.25) is 9.59 Å². The van der Waals surface area contributed by atoms with E-state index in [4.69, 9.17) is 10.5 Å². The second kappa shape index (κ2) is 7.45. The Morgan fingerprint density at radius 3 is 2.39 bits per heavy atom. The molecule has 0 atom stereocenters. The van der Waals surface area contributed by atoms with Crippen LogP contribution in [0.3, 0.4) is 0 Å². The first-order chi connectivity index (χ1) is 11.0. The van der Waals surface area contributed by atoms with Crippen LogP contribution in [0.5, 0.6) is 5.75 Å². The Balaban J connectivity index is 1.89. The van der Waals surface area contributed by atoms with Crippen LogP contribution in [0.1, 0.15) is 27.9 Å². The van der Waals surface area contributed by atoms with Gasteiger partial charge in [-0.15, -0.1) is 0 Å². The Morgan fingerprint density at radius 1 is 1.13 bits per heavy atom. The van der Waals surface area contributed by atoms with Crippen LogP contribution >= 0.6 is 0 Å². The quantitative estimate of drug-likeness (QED) is 0.860. The molecule has 2 aromatic rings. The molecule has 0 spiro atoms. The summed E-state index contributed by atoms with van der Waals surface area (Å²) in [6.07, 6.45) is 1.03. The number of nitrogens with two attached hydrogens (primary N) is 1. The number of hydrogen-bond acceptors (Lipinski definition) is 3. The number of benzene rings is 2. The molecule has 0 heterocycles. The topological polar surface area (TPSA) is 81.4 Å². The zero-order chi connectivity index (χ0) is 16.8. The Bertz CT molecular complexity index is 709. The third-order valence-corrected chi connectivity index (χ3v) is 3.55. The average molecular weight is 312 g/mol. The molecular weight excluding hydrogens is 292 g/mol. The van der Waals surface area contributed by atoms with E-state index in [0.717, 1.165) is 16.9 Å². The van der Waals surface area contributed by atoms with Crippen molar-refractivity contribution in [3.05, 3.63) is 59.2 Å². The van der Waals surface area contributed by atoms with Gasteiger partial charge in [-0.25, -0.2) is 0 Å². The van der Waals surface area contributed by atoms with Crippen molar-refractivity contribution in [2.75, 3.05) is 12.4 Å². The largest absolute Gasteiger partial charge is 0.496 e. The lowest BCUT2D eigenvalue weighted by atomic mass is 10.1. The molecule has 3 N–H and O–H groups in total. The number of carbonyl (C=O) groups is 2. The molecule has 2 rings (SSSR count). The molecule has 2 aromatic carbocycles. The third kappa shape index (κ3) is 4.57. The first kappa shape index (κ1) is 16.5. The van der Waals surface area contributed by atoms with Gasteiger partial charge in [0, 0.05) is 17.7 Å². The van der Waals surface area contributed by atoms with Gasteiger partial charge in [-0.05, 0) is 54.8 Å². The van der Waals surface area contributed by atoms with E-state index >= 15 is 0 Å². The maximum atomic E-state index is 12.0. The highest BCUT2D eigenvalue weighted by Gasteiger charge is 2.06. The van der Waals surface area contributed by atoms with Crippen LogP contribution in [0.4, 0.5) is 5.69 Å². The molecule has 0 saturated heterocycles. The summed E-state index contributed by atoms with van der Waals surface area (Å²) in [5, 5.41) is 2.80. The molecule has 2 amide bonds. The van der Waals surface area contributed by atoms with Gasteiger partial charge >= 0.3 is 0 Å². The fraction of sp³-hybridized carbons (Fsp3) is 0.222. The second-order valence-electron chi connectivity index (χ2n) is 5.29. The lowest BCUT2D eigenvalue weighted by Gasteiger charge is -2.08. The second-order valence-corrected chi connectivity index (χ2v) is 5.29. The van der Waals surface area contributed by atoms with E-state index in [1.807, 2.05) is 25.1 Å². The van der Waals surface area contributed by atoms with Crippen molar-refractivity contribution in [1.29, 1.82) is 0 Å². The minimum absolute atomic E-state index is 0.0784. The zero-order valence-electron chi connectivity index (χ0n) is 13.3. The van der Waals surface area contributed by atoms with Crippen molar-refractivity contribution in [2.45, 2.75) is 19.8 Å². The van der Waals surface area contributed by atoms with E-state index in [1.165, 1.54) is 0 Å². The van der Waals surface area contributed by atoms with Gasteiger partial charge < -0.3 is 15.8 Å². The van der Waals surface area contributed by atoms with Gasteiger partial charge in [0.25, 0.3) is 0 Å². The monoisotopic (exact) mass is 312 g/mol. The summed E-state index contributed by atoms with van der Waals surface area (Å²) >= 11 is 0. The molecule has 0 bridgehead atoms. The molecular formula is C18H20N2O3. The Labute approximate surface area is 135 Å². The highest BCUT2D eigenvalue weighted by Crippen LogP contribution is 2.19. The molecule has 0 fully saturated rings. The third-order valence-electron chi connectivity index (χ3n) is 3.55. The molecule has 0 aliphatic rings. The number of ether oxygens (including phenoxy) is 1. The number of nitrogens with one attached hydrogen (secondary N) is 1. The average Bonchev–Trinajstić information content (AvgIpc) is 2.53. The number of methoxy groups -OCH3 is 1. The molecule has 0 aliphatic carbocycles. The highest BCUT2D eigenvalue weighted by atomic mass is 16.5. The van der Waals surface area contributed by atoms with E-state index in [2.05, 4.69) is 5.32 Å². The smallest absolute Gasteiger partial charge is 0.248 e. The van der Waals surface area contributed by atoms with Crippen molar-refractivity contribution in [3.8, 4) is 5.75 Å². The number of rotatable bonds is 6. The number of primary amides is 1. The number of anilines is 1. The van der Waals surface area contributed by atoms with E-state index in [1.54, 1.807) is 31.4 Å². The van der Waals surface area contributed by atoms with Crippen LogP contribution in [0, 0.1) is 6.92 Å². The van der Waals surface area contributed by atoms with Crippen LogP contribution in [0.15, 0.2) is 42.5 Å². The summed E-state index contributed by atoms with van der Waals surface area (Å²) in [6, 6.07) is 12.4. The van der Waals surface area contributed by atoms with Crippen molar-refractivity contribution in [3.63, 3.8) is 0 Å². The normalized spacial score (nSPS) is 10.2. The standard InChI is InChI=1S/C18H20N2O3/c1-12-11-13(3-9-16(12)23-2)4-10-17(21)20-15-7-5-14(6-8-15)18(19)22/h3,5-9,11H,4,10H2,1-2H3,(H2,19,22)(H,20,21). The van der Waals surface area contributed by atoms with Crippen LogP contribution in [-0.2, 0) is 11.2 Å². The predicted molar refractivity (Wildman–Crippen MR) is 89.6 cm³/mol. The summed E-state index contributed by atoms with van der Waals surface area (Å²) in [6.45, 7) is 1.97. The van der Waals surface area contributed by atoms with Gasteiger partial charge in [0.15, 0.2) is 0 Å². The minimum Gasteiger partial charge on any atom is -0.496 e. The number of hydrogen-bond donors (Lipinski definition) is 2. The zero-order valence-corrected chi connectivity index (χ0v) is 13.3. The molecule has 5 heteroatoms. The molecule has 0 unspecified atom stereocenters. The lowest BCUT2D eigenvalue weighted by Crippen LogP contribution is -2.13. The van der Waals surface area contributed by atoms with E-state index in [-0.39, 0.29) is 5.91 Å². The van der Waals surface area contributed by atoms with E-state index in [0.29, 0.717) is 24.1 Å². The van der Waals surface area contributed by atoms with E-state index < -0.39 is 5.91 Å². The Kier molecular flexibility index (Phi) is 5.36. The number of aryl methyl sites for hydroxylation is 2. The van der Waals surface area contributed by atoms with Gasteiger partial charge in [0.05, 0.1) is 7.11 Å². The van der Waals surface area contributed by atoms with Gasteiger partial charge in [-0.2, -0.15) is 0 Å². The highest BCUT2D eigenvalue weighted by molar-refractivity contribution is 5.94. The minimum atomic E-state index is -0.488.